The number of aliphatic imine (C=N–C) groups is 1. The molecular weight excluding hydrogens is 300 g/mol. The molecule has 22 heavy (non-hydrogen) atoms. The molecule has 0 aromatic rings. The maximum absolute atomic E-state index is 11.4. The molecule has 0 spiro atoms. The molecule has 3 N–H and O–H groups in total. The third-order valence-corrected chi connectivity index (χ3v) is 3.92. The summed E-state index contributed by atoms with van der Waals surface area (Å²) in [4.78, 5) is 4.50. The fraction of sp³-hybridized carbons (Fsp3) is 0.933. The number of sulfonamides is 1. The molecule has 1 unspecified atom stereocenters. The molecule has 0 bridgehead atoms. The van der Waals surface area contributed by atoms with Crippen molar-refractivity contribution in [1.29, 1.82) is 0 Å². The fourth-order valence-electron chi connectivity index (χ4n) is 2.02. The Balaban J connectivity index is 4.66. The molecule has 0 aliphatic carbocycles. The van der Waals surface area contributed by atoms with E-state index < -0.39 is 15.6 Å². The quantitative estimate of drug-likeness (QED) is 0.443. The Morgan fingerprint density at radius 3 is 2.23 bits per heavy atom. The predicted molar refractivity (Wildman–Crippen MR) is 94.7 cm³/mol. The van der Waals surface area contributed by atoms with Gasteiger partial charge in [-0.3, -0.25) is 4.99 Å². The van der Waals surface area contributed by atoms with Gasteiger partial charge in [-0.25, -0.2) is 13.1 Å². The summed E-state index contributed by atoms with van der Waals surface area (Å²) < 4.78 is 25.3. The normalized spacial score (nSPS) is 15.0. The lowest BCUT2D eigenvalue weighted by atomic mass is 10.0. The molecule has 0 aliphatic rings. The van der Waals surface area contributed by atoms with Crippen molar-refractivity contribution in [3.8, 4) is 0 Å². The highest BCUT2D eigenvalue weighted by molar-refractivity contribution is 7.88. The molecule has 0 rings (SSSR count). The summed E-state index contributed by atoms with van der Waals surface area (Å²) in [7, 11) is -3.24. The van der Waals surface area contributed by atoms with E-state index >= 15 is 0 Å². The highest BCUT2D eigenvalue weighted by Gasteiger charge is 2.22. The lowest BCUT2D eigenvalue weighted by Crippen LogP contribution is -2.47. The van der Waals surface area contributed by atoms with Crippen LogP contribution in [0, 0.1) is 5.92 Å². The van der Waals surface area contributed by atoms with Crippen molar-refractivity contribution >= 4 is 16.0 Å². The monoisotopic (exact) mass is 334 g/mol. The molecular formula is C15H34N4O2S. The van der Waals surface area contributed by atoms with Gasteiger partial charge in [-0.1, -0.05) is 13.8 Å². The first-order valence-electron chi connectivity index (χ1n) is 7.99. The van der Waals surface area contributed by atoms with Crippen LogP contribution in [0.4, 0.5) is 0 Å². The zero-order chi connectivity index (χ0) is 17.4. The summed E-state index contributed by atoms with van der Waals surface area (Å²) in [6.07, 6.45) is 3.40. The molecule has 1 atom stereocenters. The van der Waals surface area contributed by atoms with Gasteiger partial charge in [0.25, 0.3) is 0 Å². The Kier molecular flexibility index (Phi) is 9.00. The zero-order valence-corrected chi connectivity index (χ0v) is 16.0. The van der Waals surface area contributed by atoms with E-state index in [1.165, 1.54) is 0 Å². The average molecular weight is 335 g/mol. The van der Waals surface area contributed by atoms with Crippen molar-refractivity contribution in [2.45, 2.75) is 66.0 Å². The molecule has 132 valence electrons. The molecule has 0 amide bonds. The number of rotatable bonds is 9. The summed E-state index contributed by atoms with van der Waals surface area (Å²) in [6.45, 7) is 13.4. The van der Waals surface area contributed by atoms with Gasteiger partial charge in [-0.15, -0.1) is 0 Å². The second kappa shape index (κ2) is 9.35. The number of hydrogen-bond acceptors (Lipinski definition) is 3. The van der Waals surface area contributed by atoms with Crippen LogP contribution in [0.15, 0.2) is 4.99 Å². The van der Waals surface area contributed by atoms with Crippen LogP contribution in [0.25, 0.3) is 0 Å². The SMILES string of the molecule is CCNC(=NCC(C)(C)NS(C)(=O)=O)NC(C)CCC(C)C. The van der Waals surface area contributed by atoms with Crippen LogP contribution in [-0.4, -0.2) is 45.3 Å². The van der Waals surface area contributed by atoms with Crippen molar-refractivity contribution in [3.05, 3.63) is 0 Å². The van der Waals surface area contributed by atoms with E-state index in [0.29, 0.717) is 18.5 Å². The van der Waals surface area contributed by atoms with E-state index in [0.717, 1.165) is 31.6 Å². The van der Waals surface area contributed by atoms with Crippen LogP contribution < -0.4 is 15.4 Å². The number of hydrogen-bond donors (Lipinski definition) is 3. The molecule has 0 radical (unpaired) electrons. The summed E-state index contributed by atoms with van der Waals surface area (Å²) in [5, 5.41) is 6.57. The average Bonchev–Trinajstić information content (AvgIpc) is 2.31. The lowest BCUT2D eigenvalue weighted by molar-refractivity contribution is 0.461. The van der Waals surface area contributed by atoms with E-state index in [9.17, 15) is 8.42 Å². The first-order valence-corrected chi connectivity index (χ1v) is 9.88. The standard InChI is InChI=1S/C15H34N4O2S/c1-8-16-14(18-13(4)10-9-12(2)3)17-11-15(5,6)19-22(7,20)21/h12-13,19H,8-11H2,1-7H3,(H2,16,17,18). The van der Waals surface area contributed by atoms with Crippen LogP contribution >= 0.6 is 0 Å². The van der Waals surface area contributed by atoms with E-state index in [2.05, 4.69) is 41.1 Å². The summed E-state index contributed by atoms with van der Waals surface area (Å²) in [5.41, 5.74) is -0.614. The van der Waals surface area contributed by atoms with Crippen molar-refractivity contribution in [2.75, 3.05) is 19.3 Å². The minimum Gasteiger partial charge on any atom is -0.357 e. The lowest BCUT2D eigenvalue weighted by Gasteiger charge is -2.24. The first-order chi connectivity index (χ1) is 9.95. The van der Waals surface area contributed by atoms with Crippen molar-refractivity contribution in [1.82, 2.24) is 15.4 Å². The van der Waals surface area contributed by atoms with Gasteiger partial charge in [0.05, 0.1) is 12.8 Å². The Morgan fingerprint density at radius 1 is 1.18 bits per heavy atom. The van der Waals surface area contributed by atoms with Crippen molar-refractivity contribution in [2.24, 2.45) is 10.9 Å². The summed E-state index contributed by atoms with van der Waals surface area (Å²) in [5.74, 6) is 1.41. The first kappa shape index (κ1) is 21.2. The van der Waals surface area contributed by atoms with Gasteiger partial charge < -0.3 is 10.6 Å². The van der Waals surface area contributed by atoms with Gasteiger partial charge in [-0.05, 0) is 46.5 Å². The van der Waals surface area contributed by atoms with Crippen LogP contribution in [0.5, 0.6) is 0 Å². The maximum Gasteiger partial charge on any atom is 0.209 e. The number of nitrogens with zero attached hydrogens (tertiary/aromatic N) is 1. The van der Waals surface area contributed by atoms with E-state index in [4.69, 9.17) is 0 Å². The summed E-state index contributed by atoms with van der Waals surface area (Å²) in [6, 6.07) is 0.325. The molecule has 0 fully saturated rings. The maximum atomic E-state index is 11.4. The Bertz CT molecular complexity index is 444. The molecule has 7 heteroatoms. The van der Waals surface area contributed by atoms with E-state index in [-0.39, 0.29) is 0 Å². The Hall–Kier alpha value is -0.820. The highest BCUT2D eigenvalue weighted by Crippen LogP contribution is 2.07. The van der Waals surface area contributed by atoms with Crippen molar-refractivity contribution < 1.29 is 8.42 Å². The largest absolute Gasteiger partial charge is 0.357 e. The van der Waals surface area contributed by atoms with Gasteiger partial charge in [0.2, 0.25) is 10.0 Å². The highest BCUT2D eigenvalue weighted by atomic mass is 32.2. The van der Waals surface area contributed by atoms with Gasteiger partial charge in [0, 0.05) is 18.1 Å². The third kappa shape index (κ3) is 11.8. The second-order valence-corrected chi connectivity index (χ2v) is 8.72. The number of nitrogens with one attached hydrogen (secondary N) is 3. The van der Waals surface area contributed by atoms with Gasteiger partial charge >= 0.3 is 0 Å². The van der Waals surface area contributed by atoms with Gasteiger partial charge in [-0.2, -0.15) is 0 Å². The third-order valence-electron chi connectivity index (χ3n) is 3.00. The molecule has 6 nitrogen and oxygen atoms in total. The van der Waals surface area contributed by atoms with E-state index in [1.54, 1.807) is 0 Å². The molecule has 0 aromatic heterocycles. The Morgan fingerprint density at radius 2 is 1.77 bits per heavy atom. The predicted octanol–water partition coefficient (Wildman–Crippen LogP) is 1.69. The second-order valence-electron chi connectivity index (χ2n) is 6.97. The van der Waals surface area contributed by atoms with Crippen LogP contribution in [0.2, 0.25) is 0 Å². The molecule has 0 aliphatic heterocycles. The molecule has 0 heterocycles. The van der Waals surface area contributed by atoms with Crippen LogP contribution in [-0.2, 0) is 10.0 Å². The van der Waals surface area contributed by atoms with Crippen LogP contribution in [0.1, 0.15) is 54.4 Å². The van der Waals surface area contributed by atoms with Crippen molar-refractivity contribution in [3.63, 3.8) is 0 Å². The minimum atomic E-state index is -3.24. The zero-order valence-electron chi connectivity index (χ0n) is 15.2. The fourth-order valence-corrected chi connectivity index (χ4v) is 3.09. The topological polar surface area (TPSA) is 82.6 Å². The van der Waals surface area contributed by atoms with Crippen LogP contribution in [0.3, 0.4) is 0 Å². The molecule has 0 saturated heterocycles. The number of guanidine groups is 1. The summed E-state index contributed by atoms with van der Waals surface area (Å²) >= 11 is 0. The Labute approximate surface area is 136 Å². The smallest absolute Gasteiger partial charge is 0.209 e. The minimum absolute atomic E-state index is 0.325. The van der Waals surface area contributed by atoms with E-state index in [1.807, 2.05) is 20.8 Å². The van der Waals surface area contributed by atoms with Gasteiger partial charge in [0.15, 0.2) is 5.96 Å². The molecule has 0 saturated carbocycles. The molecule has 0 aromatic carbocycles. The van der Waals surface area contributed by atoms with Gasteiger partial charge in [0.1, 0.15) is 0 Å².